The molecule has 0 bridgehead atoms. The van der Waals surface area contributed by atoms with Gasteiger partial charge in [-0.05, 0) is 5.56 Å². The monoisotopic (exact) mass is 482 g/mol. The van der Waals surface area contributed by atoms with E-state index in [1.807, 2.05) is 10.6 Å². The summed E-state index contributed by atoms with van der Waals surface area (Å²) in [5, 5.41) is 42.6. The van der Waals surface area contributed by atoms with Crippen LogP contribution in [-0.2, 0) is 35.2 Å². The highest BCUT2D eigenvalue weighted by Gasteiger charge is 2.32. The van der Waals surface area contributed by atoms with Crippen LogP contribution in [0.5, 0.6) is 0 Å². The van der Waals surface area contributed by atoms with E-state index in [2.05, 4.69) is 5.32 Å². The first-order chi connectivity index (χ1) is 15.9. The van der Waals surface area contributed by atoms with Crippen molar-refractivity contribution in [1.29, 1.82) is 0 Å². The molecule has 4 unspecified atom stereocenters. The van der Waals surface area contributed by atoms with Gasteiger partial charge in [-0.15, -0.1) is 0 Å². The van der Waals surface area contributed by atoms with E-state index in [1.54, 1.807) is 30.3 Å². The van der Waals surface area contributed by atoms with Gasteiger partial charge in [-0.25, -0.2) is 4.79 Å². The fourth-order valence-electron chi connectivity index (χ4n) is 2.72. The molecule has 9 N–H and O–H groups in total. The van der Waals surface area contributed by atoms with Gasteiger partial charge in [0.05, 0.1) is 19.4 Å². The van der Waals surface area contributed by atoms with E-state index in [4.69, 9.17) is 21.1 Å². The first-order valence-electron chi connectivity index (χ1n) is 9.92. The maximum absolute atomic E-state index is 12.6. The maximum Gasteiger partial charge on any atom is 0.326 e. The van der Waals surface area contributed by atoms with Crippen LogP contribution >= 0.6 is 0 Å². The molecule has 0 aromatic heterocycles. The number of aliphatic hydroxyl groups excluding tert-OH is 1. The van der Waals surface area contributed by atoms with Crippen LogP contribution in [0.4, 0.5) is 0 Å². The highest BCUT2D eigenvalue weighted by molar-refractivity contribution is 5.96. The summed E-state index contributed by atoms with van der Waals surface area (Å²) in [6, 6.07) is 1.79. The second-order valence-corrected chi connectivity index (χ2v) is 7.20. The third-order valence-corrected chi connectivity index (χ3v) is 4.45. The molecule has 0 radical (unpaired) electrons. The lowest BCUT2D eigenvalue weighted by molar-refractivity contribution is -0.145. The molecule has 0 saturated heterocycles. The zero-order valence-electron chi connectivity index (χ0n) is 17.8. The molecular formula is C20H26N4O10. The Bertz CT molecular complexity index is 908. The van der Waals surface area contributed by atoms with Crippen molar-refractivity contribution < 1.29 is 49.2 Å². The Morgan fingerprint density at radius 3 is 1.59 bits per heavy atom. The van der Waals surface area contributed by atoms with Crippen molar-refractivity contribution in [2.45, 2.75) is 43.4 Å². The summed E-state index contributed by atoms with van der Waals surface area (Å²) >= 11 is 0. The van der Waals surface area contributed by atoms with E-state index in [0.29, 0.717) is 5.56 Å². The smallest absolute Gasteiger partial charge is 0.326 e. The molecule has 0 aliphatic rings. The summed E-state index contributed by atoms with van der Waals surface area (Å²) in [5.41, 5.74) is 5.89. The first kappa shape index (κ1) is 28.0. The number of rotatable bonds is 14. The van der Waals surface area contributed by atoms with Crippen molar-refractivity contribution in [2.24, 2.45) is 5.73 Å². The third-order valence-electron chi connectivity index (χ3n) is 4.45. The van der Waals surface area contributed by atoms with Crippen LogP contribution in [0.25, 0.3) is 0 Å². The lowest BCUT2D eigenvalue weighted by Crippen LogP contribution is -2.58. The SMILES string of the molecule is NC(CO)C(=O)NC(CC(=O)O)C(=O)NC(CC(=O)O)C(=O)NC(Cc1ccccc1)C(=O)O. The highest BCUT2D eigenvalue weighted by Crippen LogP contribution is 2.05. The van der Waals surface area contributed by atoms with Crippen molar-refractivity contribution in [3.05, 3.63) is 35.9 Å². The molecule has 1 aromatic rings. The van der Waals surface area contributed by atoms with Gasteiger partial charge in [0.1, 0.15) is 24.2 Å². The van der Waals surface area contributed by atoms with Crippen molar-refractivity contribution in [2.75, 3.05) is 6.61 Å². The number of hydrogen-bond donors (Lipinski definition) is 8. The number of carbonyl (C=O) groups is 6. The average molecular weight is 482 g/mol. The number of amides is 3. The van der Waals surface area contributed by atoms with Gasteiger partial charge in [-0.1, -0.05) is 30.3 Å². The minimum atomic E-state index is -1.79. The zero-order chi connectivity index (χ0) is 25.8. The topological polar surface area (TPSA) is 245 Å². The van der Waals surface area contributed by atoms with Crippen molar-refractivity contribution in [3.8, 4) is 0 Å². The summed E-state index contributed by atoms with van der Waals surface area (Å²) in [5.74, 6) is -7.87. The minimum absolute atomic E-state index is 0.133. The standard InChI is InChI=1S/C20H26N4O10/c21-11(9-25)17(30)22-12(7-15(26)27)18(31)23-13(8-16(28)29)19(32)24-14(20(33)34)6-10-4-2-1-3-5-10/h1-5,11-14,25H,6-9,21H2,(H,22,30)(H,23,31)(H,24,32)(H,26,27)(H,28,29)(H,33,34). The summed E-state index contributed by atoms with van der Waals surface area (Å²) < 4.78 is 0. The number of carboxylic acid groups (broad SMARTS) is 3. The van der Waals surface area contributed by atoms with E-state index < -0.39 is 79.2 Å². The summed E-state index contributed by atoms with van der Waals surface area (Å²) in [4.78, 5) is 70.9. The molecule has 0 aliphatic carbocycles. The van der Waals surface area contributed by atoms with Crippen LogP contribution < -0.4 is 21.7 Å². The van der Waals surface area contributed by atoms with E-state index in [9.17, 15) is 33.9 Å². The predicted octanol–water partition coefficient (Wildman–Crippen LogP) is -2.96. The maximum atomic E-state index is 12.6. The summed E-state index contributed by atoms with van der Waals surface area (Å²) in [6.45, 7) is -0.796. The fourth-order valence-corrected chi connectivity index (χ4v) is 2.72. The third kappa shape index (κ3) is 9.62. The minimum Gasteiger partial charge on any atom is -0.481 e. The number of nitrogens with two attached hydrogens (primary N) is 1. The van der Waals surface area contributed by atoms with Gasteiger partial charge < -0.3 is 42.1 Å². The molecule has 1 aromatic carbocycles. The molecule has 0 heterocycles. The van der Waals surface area contributed by atoms with Gasteiger partial charge in [0.15, 0.2) is 0 Å². The highest BCUT2D eigenvalue weighted by atomic mass is 16.4. The van der Waals surface area contributed by atoms with E-state index in [-0.39, 0.29) is 6.42 Å². The zero-order valence-corrected chi connectivity index (χ0v) is 17.8. The van der Waals surface area contributed by atoms with Gasteiger partial charge in [0.25, 0.3) is 0 Å². The Kier molecular flexibility index (Phi) is 11.1. The van der Waals surface area contributed by atoms with Crippen LogP contribution in [0, 0.1) is 0 Å². The van der Waals surface area contributed by atoms with Crippen LogP contribution in [0.2, 0.25) is 0 Å². The molecule has 14 heteroatoms. The Balaban J connectivity index is 3.01. The Labute approximate surface area is 193 Å². The molecule has 3 amide bonds. The lowest BCUT2D eigenvalue weighted by Gasteiger charge is -2.23. The molecule has 0 saturated carbocycles. The second kappa shape index (κ2) is 13.5. The van der Waals surface area contributed by atoms with Gasteiger partial charge in [-0.2, -0.15) is 0 Å². The van der Waals surface area contributed by atoms with Crippen LogP contribution in [0.15, 0.2) is 30.3 Å². The average Bonchev–Trinajstić information content (AvgIpc) is 2.76. The molecule has 0 fully saturated rings. The number of hydrogen-bond acceptors (Lipinski definition) is 8. The van der Waals surface area contributed by atoms with Gasteiger partial charge in [0, 0.05) is 6.42 Å². The molecule has 14 nitrogen and oxygen atoms in total. The summed E-state index contributed by atoms with van der Waals surface area (Å²) in [6.07, 6.45) is -2.03. The van der Waals surface area contributed by atoms with E-state index >= 15 is 0 Å². The van der Waals surface area contributed by atoms with Crippen molar-refractivity contribution >= 4 is 35.6 Å². The Morgan fingerprint density at radius 1 is 0.735 bits per heavy atom. The largest absolute Gasteiger partial charge is 0.481 e. The van der Waals surface area contributed by atoms with Crippen LogP contribution in [0.3, 0.4) is 0 Å². The quantitative estimate of drug-likeness (QED) is 0.133. The van der Waals surface area contributed by atoms with E-state index in [0.717, 1.165) is 0 Å². The van der Waals surface area contributed by atoms with Crippen LogP contribution in [0.1, 0.15) is 18.4 Å². The molecule has 4 atom stereocenters. The molecule has 34 heavy (non-hydrogen) atoms. The normalized spacial score (nSPS) is 14.1. The number of carbonyl (C=O) groups excluding carboxylic acids is 3. The molecule has 1 rings (SSSR count). The number of aliphatic carboxylic acids is 3. The molecule has 0 spiro atoms. The number of aliphatic hydroxyl groups is 1. The van der Waals surface area contributed by atoms with Gasteiger partial charge in [-0.3, -0.25) is 24.0 Å². The van der Waals surface area contributed by atoms with Crippen molar-refractivity contribution in [1.82, 2.24) is 16.0 Å². The number of benzene rings is 1. The second-order valence-electron chi connectivity index (χ2n) is 7.20. The predicted molar refractivity (Wildman–Crippen MR) is 113 cm³/mol. The Morgan fingerprint density at radius 2 is 1.18 bits per heavy atom. The lowest BCUT2D eigenvalue weighted by atomic mass is 10.0. The van der Waals surface area contributed by atoms with Gasteiger partial charge >= 0.3 is 17.9 Å². The van der Waals surface area contributed by atoms with Crippen molar-refractivity contribution in [3.63, 3.8) is 0 Å². The Hall–Kier alpha value is -4.04. The number of nitrogens with one attached hydrogen (secondary N) is 3. The van der Waals surface area contributed by atoms with Crippen LogP contribution in [-0.4, -0.2) is 86.8 Å². The summed E-state index contributed by atoms with van der Waals surface area (Å²) in [7, 11) is 0. The fraction of sp³-hybridized carbons (Fsp3) is 0.400. The van der Waals surface area contributed by atoms with E-state index in [1.165, 1.54) is 0 Å². The molecular weight excluding hydrogens is 456 g/mol. The molecule has 0 aliphatic heterocycles. The van der Waals surface area contributed by atoms with Gasteiger partial charge in [0.2, 0.25) is 17.7 Å². The number of carboxylic acids is 3. The molecule has 186 valence electrons. The first-order valence-corrected chi connectivity index (χ1v) is 9.92.